The molecule has 0 unspecified atom stereocenters. The van der Waals surface area contributed by atoms with E-state index in [1.54, 1.807) is 6.07 Å². The first-order chi connectivity index (χ1) is 12.2. The molecule has 2 aromatic rings. The Balaban J connectivity index is 1.68. The molecule has 4 rings (SSSR count). The molecule has 0 spiro atoms. The monoisotopic (exact) mass is 338 g/mol. The molecule has 2 aliphatic rings. The molecule has 0 saturated carbocycles. The zero-order valence-electron chi connectivity index (χ0n) is 14.1. The zero-order valence-corrected chi connectivity index (χ0v) is 14.1. The summed E-state index contributed by atoms with van der Waals surface area (Å²) in [6, 6.07) is 13.9. The van der Waals surface area contributed by atoms with Crippen molar-refractivity contribution in [3.63, 3.8) is 0 Å². The molecule has 0 aromatic heterocycles. The van der Waals surface area contributed by atoms with Gasteiger partial charge in [0.2, 0.25) is 0 Å². The number of hydrogen-bond acceptors (Lipinski definition) is 5. The molecular formula is C19H22N4O2. The van der Waals surface area contributed by atoms with Gasteiger partial charge in [0.15, 0.2) is 0 Å². The van der Waals surface area contributed by atoms with Gasteiger partial charge in [0, 0.05) is 51.0 Å². The lowest BCUT2D eigenvalue weighted by Crippen LogP contribution is -2.43. The van der Waals surface area contributed by atoms with Gasteiger partial charge >= 0.3 is 0 Å². The van der Waals surface area contributed by atoms with E-state index in [-0.39, 0.29) is 10.6 Å². The Bertz CT molecular complexity index is 787. The van der Waals surface area contributed by atoms with Crippen LogP contribution in [0.15, 0.2) is 42.5 Å². The minimum absolute atomic E-state index is 0.193. The van der Waals surface area contributed by atoms with Crippen molar-refractivity contribution in [3.8, 4) is 0 Å². The number of nitro groups is 1. The predicted octanol–water partition coefficient (Wildman–Crippen LogP) is 2.57. The average molecular weight is 338 g/mol. The third kappa shape index (κ3) is 3.17. The molecule has 130 valence electrons. The fourth-order valence-corrected chi connectivity index (χ4v) is 3.74. The van der Waals surface area contributed by atoms with Crippen LogP contribution in [0.5, 0.6) is 0 Å². The van der Waals surface area contributed by atoms with Crippen molar-refractivity contribution in [1.29, 1.82) is 0 Å². The molecule has 0 atom stereocenters. The highest BCUT2D eigenvalue weighted by Gasteiger charge is 2.25. The highest BCUT2D eigenvalue weighted by molar-refractivity contribution is 5.71. The third-order valence-electron chi connectivity index (χ3n) is 5.11. The van der Waals surface area contributed by atoms with E-state index >= 15 is 0 Å². The molecule has 1 fully saturated rings. The molecule has 0 bridgehead atoms. The number of benzene rings is 2. The van der Waals surface area contributed by atoms with Crippen molar-refractivity contribution in [3.05, 3.63) is 63.7 Å². The Labute approximate surface area is 147 Å². The van der Waals surface area contributed by atoms with Gasteiger partial charge in [-0.05, 0) is 29.7 Å². The Morgan fingerprint density at radius 3 is 2.48 bits per heavy atom. The maximum Gasteiger partial charge on any atom is 0.292 e. The van der Waals surface area contributed by atoms with Crippen LogP contribution in [-0.4, -0.2) is 37.6 Å². The van der Waals surface area contributed by atoms with E-state index in [9.17, 15) is 10.1 Å². The quantitative estimate of drug-likeness (QED) is 0.688. The van der Waals surface area contributed by atoms with Crippen LogP contribution in [0.1, 0.15) is 11.1 Å². The fourth-order valence-electron chi connectivity index (χ4n) is 3.74. The minimum atomic E-state index is -0.266. The summed E-state index contributed by atoms with van der Waals surface area (Å²) in [4.78, 5) is 15.7. The second-order valence-electron chi connectivity index (χ2n) is 6.61. The molecule has 2 heterocycles. The van der Waals surface area contributed by atoms with Crippen LogP contribution in [0.25, 0.3) is 0 Å². The first-order valence-corrected chi connectivity index (χ1v) is 8.78. The Morgan fingerprint density at radius 1 is 0.960 bits per heavy atom. The predicted molar refractivity (Wildman–Crippen MR) is 99.4 cm³/mol. The Morgan fingerprint density at radius 2 is 1.72 bits per heavy atom. The van der Waals surface area contributed by atoms with Crippen molar-refractivity contribution >= 4 is 17.1 Å². The largest absolute Gasteiger partial charge is 0.369 e. The van der Waals surface area contributed by atoms with Crippen LogP contribution in [0.4, 0.5) is 17.1 Å². The summed E-state index contributed by atoms with van der Waals surface area (Å²) in [5.74, 6) is 0. The molecule has 2 aromatic carbocycles. The van der Waals surface area contributed by atoms with E-state index in [1.807, 2.05) is 18.2 Å². The molecule has 6 nitrogen and oxygen atoms in total. The number of hydrogen-bond donors (Lipinski definition) is 1. The van der Waals surface area contributed by atoms with Crippen molar-refractivity contribution in [2.45, 2.75) is 13.0 Å². The van der Waals surface area contributed by atoms with Gasteiger partial charge in [-0.15, -0.1) is 0 Å². The van der Waals surface area contributed by atoms with Gasteiger partial charge in [0.05, 0.1) is 4.92 Å². The summed E-state index contributed by atoms with van der Waals surface area (Å²) in [6.07, 6.45) is 0.922. The smallest absolute Gasteiger partial charge is 0.292 e. The fraction of sp³-hybridized carbons (Fsp3) is 0.368. The second-order valence-corrected chi connectivity index (χ2v) is 6.61. The molecule has 0 radical (unpaired) electrons. The van der Waals surface area contributed by atoms with Crippen molar-refractivity contribution in [1.82, 2.24) is 5.32 Å². The zero-order chi connectivity index (χ0) is 17.2. The van der Waals surface area contributed by atoms with Gasteiger partial charge in [-0.3, -0.25) is 10.1 Å². The molecule has 0 amide bonds. The third-order valence-corrected chi connectivity index (χ3v) is 5.11. The van der Waals surface area contributed by atoms with Crippen LogP contribution >= 0.6 is 0 Å². The SMILES string of the molecule is O=[N+]([O-])c1ccc(N2CCNCC2)cc1N1CCc2ccccc2C1. The van der Waals surface area contributed by atoms with Gasteiger partial charge < -0.3 is 15.1 Å². The minimum Gasteiger partial charge on any atom is -0.369 e. The van der Waals surface area contributed by atoms with E-state index in [0.717, 1.165) is 57.1 Å². The Hall–Kier alpha value is -2.60. The van der Waals surface area contributed by atoms with Gasteiger partial charge in [-0.25, -0.2) is 0 Å². The highest BCUT2D eigenvalue weighted by Crippen LogP contribution is 2.35. The molecule has 25 heavy (non-hydrogen) atoms. The topological polar surface area (TPSA) is 61.7 Å². The number of piperazine rings is 1. The molecule has 2 aliphatic heterocycles. The Kier molecular flexibility index (Phi) is 4.28. The van der Waals surface area contributed by atoms with E-state index in [1.165, 1.54) is 11.1 Å². The number of nitrogens with zero attached hydrogens (tertiary/aromatic N) is 3. The summed E-state index contributed by atoms with van der Waals surface area (Å²) in [6.45, 7) is 5.29. The van der Waals surface area contributed by atoms with Crippen LogP contribution < -0.4 is 15.1 Å². The van der Waals surface area contributed by atoms with Crippen molar-refractivity contribution in [2.75, 3.05) is 42.5 Å². The van der Waals surface area contributed by atoms with Crippen molar-refractivity contribution in [2.24, 2.45) is 0 Å². The molecule has 1 saturated heterocycles. The van der Waals surface area contributed by atoms with Gasteiger partial charge in [0.1, 0.15) is 5.69 Å². The van der Waals surface area contributed by atoms with E-state index < -0.39 is 0 Å². The number of nitro benzene ring substituents is 1. The number of nitrogens with one attached hydrogen (secondary N) is 1. The van der Waals surface area contributed by atoms with Crippen LogP contribution in [0.2, 0.25) is 0 Å². The lowest BCUT2D eigenvalue weighted by molar-refractivity contribution is -0.384. The summed E-state index contributed by atoms with van der Waals surface area (Å²) in [7, 11) is 0. The van der Waals surface area contributed by atoms with Crippen LogP contribution in [0, 0.1) is 10.1 Å². The van der Waals surface area contributed by atoms with Gasteiger partial charge in [0.25, 0.3) is 5.69 Å². The van der Waals surface area contributed by atoms with E-state index in [4.69, 9.17) is 0 Å². The molecule has 0 aliphatic carbocycles. The maximum absolute atomic E-state index is 11.6. The van der Waals surface area contributed by atoms with Crippen molar-refractivity contribution < 1.29 is 4.92 Å². The second kappa shape index (κ2) is 6.72. The summed E-state index contributed by atoms with van der Waals surface area (Å²) in [5, 5.41) is 14.9. The number of fused-ring (bicyclic) bond motifs is 1. The summed E-state index contributed by atoms with van der Waals surface area (Å²) < 4.78 is 0. The van der Waals surface area contributed by atoms with E-state index in [2.05, 4.69) is 33.3 Å². The van der Waals surface area contributed by atoms with Gasteiger partial charge in [-0.2, -0.15) is 0 Å². The lowest BCUT2D eigenvalue weighted by atomic mass is 9.99. The summed E-state index contributed by atoms with van der Waals surface area (Å²) >= 11 is 0. The number of anilines is 2. The highest BCUT2D eigenvalue weighted by atomic mass is 16.6. The lowest BCUT2D eigenvalue weighted by Gasteiger charge is -2.33. The maximum atomic E-state index is 11.6. The van der Waals surface area contributed by atoms with Crippen LogP contribution in [-0.2, 0) is 13.0 Å². The molecule has 1 N–H and O–H groups in total. The summed E-state index contributed by atoms with van der Waals surface area (Å²) in [5.41, 5.74) is 4.60. The van der Waals surface area contributed by atoms with E-state index in [0.29, 0.717) is 0 Å². The standard InChI is InChI=1S/C19H22N4O2/c24-23(25)18-6-5-17(21-11-8-20-9-12-21)13-19(18)22-10-7-15-3-1-2-4-16(15)14-22/h1-6,13,20H,7-12,14H2. The first-order valence-electron chi connectivity index (χ1n) is 8.78. The molecular weight excluding hydrogens is 316 g/mol. The van der Waals surface area contributed by atoms with Crippen LogP contribution in [0.3, 0.4) is 0 Å². The number of rotatable bonds is 3. The van der Waals surface area contributed by atoms with Gasteiger partial charge in [-0.1, -0.05) is 24.3 Å². The first kappa shape index (κ1) is 15.9. The molecule has 6 heteroatoms. The normalized spacial score (nSPS) is 17.3. The average Bonchev–Trinajstić information content (AvgIpc) is 2.67.